The zero-order valence-corrected chi connectivity index (χ0v) is 5.87. The minimum absolute atomic E-state index is 0.139. The fraction of sp³-hybridized carbons (Fsp3) is 0.429. The summed E-state index contributed by atoms with van der Waals surface area (Å²) >= 11 is 0. The summed E-state index contributed by atoms with van der Waals surface area (Å²) in [5.74, 6) is 0. The van der Waals surface area contributed by atoms with Crippen LogP contribution in [0.5, 0.6) is 0 Å². The Kier molecular flexibility index (Phi) is 1.87. The third-order valence-corrected chi connectivity index (χ3v) is 1.29. The van der Waals surface area contributed by atoms with Gasteiger partial charge in [0.15, 0.2) is 0 Å². The van der Waals surface area contributed by atoms with Gasteiger partial charge in [-0.1, -0.05) is 0 Å². The van der Waals surface area contributed by atoms with Gasteiger partial charge in [0.1, 0.15) is 5.71 Å². The van der Waals surface area contributed by atoms with Crippen LogP contribution in [0.2, 0.25) is 0 Å². The normalized spacial score (nSPS) is 17.8. The van der Waals surface area contributed by atoms with Crippen molar-refractivity contribution in [2.75, 3.05) is 0 Å². The van der Waals surface area contributed by atoms with E-state index in [9.17, 15) is 13.2 Å². The molecule has 0 radical (unpaired) electrons. The van der Waals surface area contributed by atoms with Crippen molar-refractivity contribution in [1.82, 2.24) is 0 Å². The molecule has 0 atom stereocenters. The van der Waals surface area contributed by atoms with Crippen LogP contribution in [0, 0.1) is 0 Å². The largest absolute Gasteiger partial charge is 0.429 e. The van der Waals surface area contributed by atoms with Crippen LogP contribution in [0.15, 0.2) is 22.5 Å². The van der Waals surface area contributed by atoms with Crippen molar-refractivity contribution >= 4 is 5.71 Å². The molecule has 60 valence electrons. The van der Waals surface area contributed by atoms with Crippen molar-refractivity contribution < 1.29 is 13.2 Å². The monoisotopic (exact) mass is 161 g/mol. The summed E-state index contributed by atoms with van der Waals surface area (Å²) < 4.78 is 35.8. The van der Waals surface area contributed by atoms with E-state index in [2.05, 4.69) is 10.7 Å². The summed E-state index contributed by atoms with van der Waals surface area (Å²) in [6, 6.07) is 0. The first-order valence-electron chi connectivity index (χ1n) is 3.04. The lowest BCUT2D eigenvalue weighted by Gasteiger charge is -2.10. The number of nitrogens with zero attached hydrogens (tertiary/aromatic N) is 1. The summed E-state index contributed by atoms with van der Waals surface area (Å²) in [4.78, 5) is 3.19. The molecule has 0 aromatic carbocycles. The van der Waals surface area contributed by atoms with Crippen LogP contribution in [0.3, 0.4) is 0 Å². The van der Waals surface area contributed by atoms with E-state index in [4.69, 9.17) is 0 Å². The van der Waals surface area contributed by atoms with Gasteiger partial charge in [0.2, 0.25) is 0 Å². The van der Waals surface area contributed by atoms with Crippen LogP contribution >= 0.6 is 0 Å². The fourth-order valence-electron chi connectivity index (χ4n) is 0.742. The molecule has 1 aliphatic heterocycles. The van der Waals surface area contributed by atoms with E-state index in [0.29, 0.717) is 5.57 Å². The highest BCUT2D eigenvalue weighted by molar-refractivity contribution is 5.92. The highest BCUT2D eigenvalue weighted by atomic mass is 19.4. The quantitative estimate of drug-likeness (QED) is 0.484. The van der Waals surface area contributed by atoms with Gasteiger partial charge in [-0.15, -0.1) is 5.73 Å². The van der Waals surface area contributed by atoms with Crippen molar-refractivity contribution in [3.63, 3.8) is 0 Å². The van der Waals surface area contributed by atoms with Gasteiger partial charge in [0.05, 0.1) is 6.20 Å². The zero-order valence-electron chi connectivity index (χ0n) is 5.87. The third kappa shape index (κ3) is 1.95. The van der Waals surface area contributed by atoms with Gasteiger partial charge in [-0.3, -0.25) is 0 Å². The maximum absolute atomic E-state index is 11.9. The van der Waals surface area contributed by atoms with E-state index in [1.54, 1.807) is 6.92 Å². The van der Waals surface area contributed by atoms with E-state index < -0.39 is 11.9 Å². The van der Waals surface area contributed by atoms with Crippen LogP contribution in [0.1, 0.15) is 13.3 Å². The van der Waals surface area contributed by atoms with Gasteiger partial charge in [0.25, 0.3) is 0 Å². The molecular formula is C7H6F3N. The lowest BCUT2D eigenvalue weighted by atomic mass is 10.1. The lowest BCUT2D eigenvalue weighted by Crippen LogP contribution is -2.23. The molecule has 0 saturated carbocycles. The van der Waals surface area contributed by atoms with Gasteiger partial charge in [-0.2, -0.15) is 13.2 Å². The molecule has 0 bridgehead atoms. The standard InChI is InChI=1S/C7H6F3N/c1-5-2-3-11-6(4-5)7(8,9)10/h3H,4H2,1H3. The second-order valence-corrected chi connectivity index (χ2v) is 2.30. The summed E-state index contributed by atoms with van der Waals surface area (Å²) in [6.45, 7) is 1.59. The molecule has 1 heterocycles. The summed E-state index contributed by atoms with van der Waals surface area (Å²) in [5, 5.41) is 0. The Bertz CT molecular complexity index is 253. The van der Waals surface area contributed by atoms with Crippen LogP contribution in [0.4, 0.5) is 13.2 Å². The molecule has 0 spiro atoms. The Morgan fingerprint density at radius 3 is 2.55 bits per heavy atom. The predicted molar refractivity (Wildman–Crippen MR) is 35.4 cm³/mol. The van der Waals surface area contributed by atoms with Gasteiger partial charge in [-0.05, 0) is 12.5 Å². The van der Waals surface area contributed by atoms with Crippen molar-refractivity contribution in [2.45, 2.75) is 19.5 Å². The number of halogens is 3. The molecule has 0 fully saturated rings. The molecule has 1 rings (SSSR count). The topological polar surface area (TPSA) is 12.4 Å². The Morgan fingerprint density at radius 2 is 2.18 bits per heavy atom. The van der Waals surface area contributed by atoms with E-state index in [1.165, 1.54) is 0 Å². The van der Waals surface area contributed by atoms with E-state index >= 15 is 0 Å². The molecule has 11 heavy (non-hydrogen) atoms. The van der Waals surface area contributed by atoms with E-state index in [-0.39, 0.29) is 6.42 Å². The van der Waals surface area contributed by atoms with Crippen molar-refractivity contribution in [2.24, 2.45) is 4.99 Å². The summed E-state index contributed by atoms with van der Waals surface area (Å²) in [5.41, 5.74) is 2.41. The van der Waals surface area contributed by atoms with Crippen LogP contribution in [-0.2, 0) is 0 Å². The number of aliphatic imine (C=N–C) groups is 1. The molecule has 0 aliphatic carbocycles. The van der Waals surface area contributed by atoms with Crippen LogP contribution < -0.4 is 0 Å². The van der Waals surface area contributed by atoms with Gasteiger partial charge >= 0.3 is 6.18 Å². The van der Waals surface area contributed by atoms with Crippen LogP contribution in [0.25, 0.3) is 0 Å². The average Bonchev–Trinajstić information content (AvgIpc) is 1.86. The number of hydrogen-bond donors (Lipinski definition) is 0. The van der Waals surface area contributed by atoms with Crippen LogP contribution in [-0.4, -0.2) is 11.9 Å². The van der Waals surface area contributed by atoms with Gasteiger partial charge in [0, 0.05) is 6.42 Å². The highest BCUT2D eigenvalue weighted by Crippen LogP contribution is 2.23. The number of rotatable bonds is 0. The molecule has 0 N–H and O–H groups in total. The molecule has 1 nitrogen and oxygen atoms in total. The first kappa shape index (κ1) is 8.08. The molecule has 0 aromatic heterocycles. The minimum Gasteiger partial charge on any atom is -0.248 e. The first-order valence-corrected chi connectivity index (χ1v) is 3.04. The van der Waals surface area contributed by atoms with Gasteiger partial charge < -0.3 is 0 Å². The second kappa shape index (κ2) is 2.55. The molecule has 0 unspecified atom stereocenters. The highest BCUT2D eigenvalue weighted by Gasteiger charge is 2.35. The van der Waals surface area contributed by atoms with Crippen molar-refractivity contribution in [3.8, 4) is 0 Å². The Labute approximate surface area is 61.9 Å². The SMILES string of the molecule is CC1=C=CN=C(C(F)(F)F)C1. The minimum atomic E-state index is -4.29. The molecular weight excluding hydrogens is 155 g/mol. The molecule has 0 saturated heterocycles. The van der Waals surface area contributed by atoms with Crippen molar-refractivity contribution in [3.05, 3.63) is 17.5 Å². The molecule has 1 aliphatic rings. The third-order valence-electron chi connectivity index (χ3n) is 1.29. The molecule has 0 amide bonds. The number of alkyl halides is 3. The number of hydrogen-bond acceptors (Lipinski definition) is 1. The first-order chi connectivity index (χ1) is 5.00. The smallest absolute Gasteiger partial charge is 0.248 e. The Morgan fingerprint density at radius 1 is 1.55 bits per heavy atom. The summed E-state index contributed by atoms with van der Waals surface area (Å²) in [6.07, 6.45) is -3.37. The maximum atomic E-state index is 11.9. The number of allylic oxidation sites excluding steroid dienone is 1. The lowest BCUT2D eigenvalue weighted by molar-refractivity contribution is -0.0601. The zero-order chi connectivity index (χ0) is 8.48. The van der Waals surface area contributed by atoms with E-state index in [1.807, 2.05) is 0 Å². The average molecular weight is 161 g/mol. The molecule has 4 heteroatoms. The van der Waals surface area contributed by atoms with Gasteiger partial charge in [-0.25, -0.2) is 4.99 Å². The van der Waals surface area contributed by atoms with E-state index in [0.717, 1.165) is 6.20 Å². The fourth-order valence-corrected chi connectivity index (χ4v) is 0.742. The molecule has 0 aromatic rings. The van der Waals surface area contributed by atoms with Crippen molar-refractivity contribution in [1.29, 1.82) is 0 Å². The second-order valence-electron chi connectivity index (χ2n) is 2.30. The Hall–Kier alpha value is -1.02. The Balaban J connectivity index is 2.83. The maximum Gasteiger partial charge on any atom is 0.429 e. The summed E-state index contributed by atoms with van der Waals surface area (Å²) in [7, 11) is 0. The predicted octanol–water partition coefficient (Wildman–Crippen LogP) is 2.45.